The van der Waals surface area contributed by atoms with Crippen LogP contribution in [-0.2, 0) is 13.0 Å². The van der Waals surface area contributed by atoms with E-state index in [1.807, 2.05) is 12.1 Å². The fourth-order valence-electron chi connectivity index (χ4n) is 3.85. The molecule has 2 aliphatic heterocycles. The molecule has 0 unspecified atom stereocenters. The molecule has 0 saturated carbocycles. The summed E-state index contributed by atoms with van der Waals surface area (Å²) in [6.45, 7) is 6.35. The molecule has 0 aliphatic carbocycles. The molecule has 28 heavy (non-hydrogen) atoms. The molecule has 0 spiro atoms. The van der Waals surface area contributed by atoms with Crippen molar-refractivity contribution in [2.24, 2.45) is 0 Å². The molecule has 2 aliphatic rings. The van der Waals surface area contributed by atoms with Gasteiger partial charge in [-0.25, -0.2) is 0 Å². The lowest BCUT2D eigenvalue weighted by Crippen LogP contribution is -2.39. The van der Waals surface area contributed by atoms with Gasteiger partial charge < -0.3 is 20.1 Å². The number of rotatable bonds is 4. The largest absolute Gasteiger partial charge is 0.493 e. The summed E-state index contributed by atoms with van der Waals surface area (Å²) in [6.07, 6.45) is 0.627. The molecule has 4 rings (SSSR count). The summed E-state index contributed by atoms with van der Waals surface area (Å²) in [6, 6.07) is 4.44. The number of fused-ring (bicyclic) bond motifs is 3. The van der Waals surface area contributed by atoms with E-state index in [4.69, 9.17) is 9.47 Å². The zero-order valence-electron chi connectivity index (χ0n) is 16.4. The number of ether oxygens (including phenoxy) is 2. The summed E-state index contributed by atoms with van der Waals surface area (Å²) in [4.78, 5) is 16.7. The minimum Gasteiger partial charge on any atom is -0.493 e. The lowest BCUT2D eigenvalue weighted by atomic mass is 9.99. The van der Waals surface area contributed by atoms with Crippen LogP contribution in [0.4, 0.5) is 5.00 Å². The fourth-order valence-corrected chi connectivity index (χ4v) is 5.99. The van der Waals surface area contributed by atoms with E-state index in [1.54, 1.807) is 25.6 Å². The highest BCUT2D eigenvalue weighted by Crippen LogP contribution is 2.42. The molecule has 0 bridgehead atoms. The fraction of sp³-hybridized carbons (Fsp3) is 0.450. The van der Waals surface area contributed by atoms with Crippen LogP contribution in [0.1, 0.15) is 46.4 Å². The van der Waals surface area contributed by atoms with Crippen molar-refractivity contribution in [1.82, 2.24) is 10.2 Å². The van der Waals surface area contributed by atoms with Crippen LogP contribution in [0.3, 0.4) is 0 Å². The van der Waals surface area contributed by atoms with E-state index in [1.165, 1.54) is 10.4 Å². The van der Waals surface area contributed by atoms with Crippen molar-refractivity contribution < 1.29 is 14.3 Å². The van der Waals surface area contributed by atoms with Crippen molar-refractivity contribution in [2.45, 2.75) is 39.0 Å². The van der Waals surface area contributed by atoms with Crippen LogP contribution >= 0.6 is 33.9 Å². The third kappa shape index (κ3) is 3.35. The predicted octanol–water partition coefficient (Wildman–Crippen LogP) is 3.99. The second kappa shape index (κ2) is 7.72. The van der Waals surface area contributed by atoms with Crippen molar-refractivity contribution in [1.29, 1.82) is 0 Å². The average Bonchev–Trinajstić information content (AvgIpc) is 3.05. The van der Waals surface area contributed by atoms with E-state index in [-0.39, 0.29) is 12.1 Å². The molecule has 6 nitrogen and oxygen atoms in total. The van der Waals surface area contributed by atoms with E-state index < -0.39 is 0 Å². The number of thiophene rings is 1. The van der Waals surface area contributed by atoms with Crippen LogP contribution in [-0.4, -0.2) is 37.6 Å². The van der Waals surface area contributed by atoms with Gasteiger partial charge in [-0.2, -0.15) is 0 Å². The van der Waals surface area contributed by atoms with Crippen LogP contribution in [0.5, 0.6) is 11.5 Å². The number of nitrogens with one attached hydrogen (secondary N) is 2. The Labute approximate surface area is 182 Å². The Kier molecular flexibility index (Phi) is 5.45. The maximum atomic E-state index is 13.0. The smallest absolute Gasteiger partial charge is 0.256 e. The average molecular weight is 513 g/mol. The van der Waals surface area contributed by atoms with Gasteiger partial charge in [0, 0.05) is 24.0 Å². The highest BCUT2D eigenvalue weighted by molar-refractivity contribution is 14.1. The van der Waals surface area contributed by atoms with Gasteiger partial charge >= 0.3 is 0 Å². The first-order valence-electron chi connectivity index (χ1n) is 9.30. The molecular weight excluding hydrogens is 489 g/mol. The molecule has 8 heteroatoms. The number of benzene rings is 1. The van der Waals surface area contributed by atoms with Crippen molar-refractivity contribution in [3.63, 3.8) is 0 Å². The molecule has 0 fully saturated rings. The third-order valence-corrected chi connectivity index (χ3v) is 7.33. The second-order valence-electron chi connectivity index (χ2n) is 7.31. The Bertz CT molecular complexity index is 928. The Hall–Kier alpha value is -1.52. The number of nitrogens with zero attached hydrogens (tertiary/aromatic N) is 1. The number of carbonyl (C=O) groups excluding carboxylic acids is 1. The molecule has 1 aromatic carbocycles. The molecule has 0 radical (unpaired) electrons. The van der Waals surface area contributed by atoms with Crippen molar-refractivity contribution in [3.05, 3.63) is 37.3 Å². The number of amides is 1. The molecule has 1 aromatic heterocycles. The summed E-state index contributed by atoms with van der Waals surface area (Å²) in [5.41, 5.74) is 2.98. The highest BCUT2D eigenvalue weighted by Gasteiger charge is 2.34. The number of hydrogen-bond acceptors (Lipinski definition) is 6. The molecule has 1 atom stereocenters. The van der Waals surface area contributed by atoms with Gasteiger partial charge in [-0.15, -0.1) is 11.3 Å². The van der Waals surface area contributed by atoms with Gasteiger partial charge in [0.25, 0.3) is 5.91 Å². The molecular formula is C20H24IN3O3S. The lowest BCUT2D eigenvalue weighted by molar-refractivity contribution is 0.0934. The predicted molar refractivity (Wildman–Crippen MR) is 120 cm³/mol. The van der Waals surface area contributed by atoms with Crippen molar-refractivity contribution in [3.8, 4) is 11.5 Å². The zero-order chi connectivity index (χ0) is 20.0. The van der Waals surface area contributed by atoms with Gasteiger partial charge in [0.15, 0.2) is 11.5 Å². The number of methoxy groups -OCH3 is 2. The minimum absolute atomic E-state index is 0.000889. The maximum absolute atomic E-state index is 13.0. The first-order valence-corrected chi connectivity index (χ1v) is 11.2. The zero-order valence-corrected chi connectivity index (χ0v) is 19.4. The SMILES string of the molecule is COc1cc([C@H]2NC(=O)c3c(sc4c3CCN(C(C)C)C4)N2)cc(I)c1OC. The van der Waals surface area contributed by atoms with Gasteiger partial charge in [0.05, 0.1) is 23.4 Å². The van der Waals surface area contributed by atoms with E-state index >= 15 is 0 Å². The van der Waals surface area contributed by atoms with Crippen molar-refractivity contribution >= 4 is 44.8 Å². The van der Waals surface area contributed by atoms with Crippen molar-refractivity contribution in [2.75, 3.05) is 26.1 Å². The van der Waals surface area contributed by atoms with Crippen LogP contribution in [0.2, 0.25) is 0 Å². The standard InChI is InChI=1S/C20H24IN3O3S/c1-10(2)24-6-5-12-15(9-24)28-20-16(12)19(25)22-18(23-20)11-7-13(21)17(27-4)14(8-11)26-3/h7-8,10,18,23H,5-6,9H2,1-4H3,(H,22,25)/t18-/m0/s1. The Morgan fingerprint density at radius 1 is 1.25 bits per heavy atom. The first-order chi connectivity index (χ1) is 13.4. The number of carbonyl (C=O) groups is 1. The summed E-state index contributed by atoms with van der Waals surface area (Å²) < 4.78 is 11.8. The molecule has 150 valence electrons. The summed E-state index contributed by atoms with van der Waals surface area (Å²) in [5, 5.41) is 7.61. The van der Waals surface area contributed by atoms with Crippen LogP contribution in [0, 0.1) is 3.57 Å². The van der Waals surface area contributed by atoms with Gasteiger partial charge in [0.2, 0.25) is 0 Å². The normalized spacial score (nSPS) is 18.9. The Morgan fingerprint density at radius 3 is 2.71 bits per heavy atom. The molecule has 0 saturated heterocycles. The van der Waals surface area contributed by atoms with Gasteiger partial charge in [-0.05, 0) is 66.1 Å². The first kappa shape index (κ1) is 19.8. The topological polar surface area (TPSA) is 62.8 Å². The number of hydrogen-bond donors (Lipinski definition) is 2. The molecule has 2 N–H and O–H groups in total. The number of halogens is 1. The quantitative estimate of drug-likeness (QED) is 0.606. The van der Waals surface area contributed by atoms with E-state index in [2.05, 4.69) is 52.0 Å². The number of anilines is 1. The Balaban J connectivity index is 1.66. The Morgan fingerprint density at radius 2 is 2.04 bits per heavy atom. The molecule has 2 aromatic rings. The van der Waals surface area contributed by atoms with E-state index in [0.717, 1.165) is 39.2 Å². The maximum Gasteiger partial charge on any atom is 0.256 e. The summed E-state index contributed by atoms with van der Waals surface area (Å²) in [7, 11) is 3.25. The van der Waals surface area contributed by atoms with Gasteiger partial charge in [0.1, 0.15) is 11.2 Å². The highest BCUT2D eigenvalue weighted by atomic mass is 127. The summed E-state index contributed by atoms with van der Waals surface area (Å²) >= 11 is 3.94. The lowest BCUT2D eigenvalue weighted by Gasteiger charge is -2.31. The second-order valence-corrected chi connectivity index (χ2v) is 9.58. The molecule has 1 amide bonds. The summed E-state index contributed by atoms with van der Waals surface area (Å²) in [5.74, 6) is 1.36. The third-order valence-electron chi connectivity index (χ3n) is 5.38. The van der Waals surface area contributed by atoms with E-state index in [0.29, 0.717) is 17.5 Å². The molecule has 3 heterocycles. The van der Waals surface area contributed by atoms with Crippen LogP contribution < -0.4 is 20.1 Å². The van der Waals surface area contributed by atoms with Gasteiger partial charge in [-0.1, -0.05) is 0 Å². The van der Waals surface area contributed by atoms with Crippen LogP contribution in [0.25, 0.3) is 0 Å². The minimum atomic E-state index is -0.297. The van der Waals surface area contributed by atoms with E-state index in [9.17, 15) is 4.79 Å². The van der Waals surface area contributed by atoms with Crippen LogP contribution in [0.15, 0.2) is 12.1 Å². The van der Waals surface area contributed by atoms with Gasteiger partial charge in [-0.3, -0.25) is 9.69 Å². The monoisotopic (exact) mass is 513 g/mol.